The van der Waals surface area contributed by atoms with Gasteiger partial charge >= 0.3 is 0 Å². The van der Waals surface area contributed by atoms with Crippen LogP contribution in [0.1, 0.15) is 16.7 Å². The van der Waals surface area contributed by atoms with Crippen LogP contribution in [0.15, 0.2) is 59.5 Å². The van der Waals surface area contributed by atoms with E-state index < -0.39 is 17.0 Å². The molecular formula is C25H17Cl3FNO4S. The van der Waals surface area contributed by atoms with Gasteiger partial charge in [-0.3, -0.25) is 14.5 Å². The number of thioether (sulfide) groups is 1. The van der Waals surface area contributed by atoms with Crippen LogP contribution >= 0.6 is 46.6 Å². The number of benzene rings is 3. The van der Waals surface area contributed by atoms with E-state index >= 15 is 0 Å². The molecule has 180 valence electrons. The van der Waals surface area contributed by atoms with Crippen LogP contribution in [-0.2, 0) is 17.9 Å². The number of carbonyl (C=O) groups excluding carboxylic acids is 2. The fraction of sp³-hybridized carbons (Fsp3) is 0.120. The Morgan fingerprint density at radius 3 is 2.49 bits per heavy atom. The summed E-state index contributed by atoms with van der Waals surface area (Å²) in [6.07, 6.45) is 1.57. The van der Waals surface area contributed by atoms with Crippen molar-refractivity contribution < 1.29 is 23.5 Å². The predicted molar refractivity (Wildman–Crippen MR) is 137 cm³/mol. The third-order valence-corrected chi connectivity index (χ3v) is 7.12. The lowest BCUT2D eigenvalue weighted by Crippen LogP contribution is -2.28. The van der Waals surface area contributed by atoms with Crippen LogP contribution in [0.4, 0.5) is 9.18 Å². The largest absolute Gasteiger partial charge is 0.493 e. The molecule has 3 aromatic rings. The molecule has 0 aromatic heterocycles. The maximum absolute atomic E-state index is 14.1. The van der Waals surface area contributed by atoms with Gasteiger partial charge in [-0.15, -0.1) is 0 Å². The molecule has 0 aliphatic carbocycles. The van der Waals surface area contributed by atoms with Crippen molar-refractivity contribution in [3.8, 4) is 11.5 Å². The minimum absolute atomic E-state index is 0.0860. The fourth-order valence-corrected chi connectivity index (χ4v) is 4.69. The van der Waals surface area contributed by atoms with E-state index in [0.29, 0.717) is 27.1 Å². The number of hydrogen-bond donors (Lipinski definition) is 0. The van der Waals surface area contributed by atoms with Gasteiger partial charge in [0.2, 0.25) is 0 Å². The molecule has 0 radical (unpaired) electrons. The van der Waals surface area contributed by atoms with Crippen molar-refractivity contribution in [1.29, 1.82) is 0 Å². The summed E-state index contributed by atoms with van der Waals surface area (Å²) in [5.74, 6) is -0.186. The maximum Gasteiger partial charge on any atom is 0.293 e. The first-order valence-electron chi connectivity index (χ1n) is 10.2. The lowest BCUT2D eigenvalue weighted by Gasteiger charge is -2.14. The Kier molecular flexibility index (Phi) is 7.91. The predicted octanol–water partition coefficient (Wildman–Crippen LogP) is 7.61. The van der Waals surface area contributed by atoms with E-state index in [-0.39, 0.29) is 28.6 Å². The van der Waals surface area contributed by atoms with Gasteiger partial charge in [0.25, 0.3) is 11.1 Å². The van der Waals surface area contributed by atoms with Gasteiger partial charge in [-0.1, -0.05) is 53.0 Å². The molecule has 1 fully saturated rings. The van der Waals surface area contributed by atoms with Gasteiger partial charge < -0.3 is 9.47 Å². The minimum atomic E-state index is -0.582. The van der Waals surface area contributed by atoms with Gasteiger partial charge in [-0.05, 0) is 65.4 Å². The number of amides is 2. The molecule has 0 unspecified atom stereocenters. The molecule has 0 spiro atoms. The Morgan fingerprint density at radius 1 is 0.971 bits per heavy atom. The smallest absolute Gasteiger partial charge is 0.293 e. The summed E-state index contributed by atoms with van der Waals surface area (Å²) in [6, 6.07) is 14.5. The highest BCUT2D eigenvalue weighted by Gasteiger charge is 2.36. The summed E-state index contributed by atoms with van der Waals surface area (Å²) >= 11 is 18.8. The topological polar surface area (TPSA) is 55.8 Å². The van der Waals surface area contributed by atoms with Gasteiger partial charge in [-0.25, -0.2) is 4.39 Å². The second-order valence-electron chi connectivity index (χ2n) is 7.42. The van der Waals surface area contributed by atoms with Crippen molar-refractivity contribution in [2.45, 2.75) is 13.2 Å². The molecule has 10 heteroatoms. The fourth-order valence-electron chi connectivity index (χ4n) is 3.31. The molecule has 35 heavy (non-hydrogen) atoms. The van der Waals surface area contributed by atoms with Gasteiger partial charge in [0.15, 0.2) is 11.5 Å². The summed E-state index contributed by atoms with van der Waals surface area (Å²) in [5.41, 5.74) is 1.54. The van der Waals surface area contributed by atoms with E-state index in [4.69, 9.17) is 44.3 Å². The molecule has 5 nitrogen and oxygen atoms in total. The highest BCUT2D eigenvalue weighted by Crippen LogP contribution is 2.36. The number of nitrogens with zero attached hydrogens (tertiary/aromatic N) is 1. The van der Waals surface area contributed by atoms with Crippen molar-refractivity contribution in [3.63, 3.8) is 0 Å². The van der Waals surface area contributed by atoms with Crippen LogP contribution < -0.4 is 9.47 Å². The van der Waals surface area contributed by atoms with Crippen LogP contribution in [-0.4, -0.2) is 23.2 Å². The summed E-state index contributed by atoms with van der Waals surface area (Å²) in [6.45, 7) is -0.0115. The molecule has 1 aliphatic heterocycles. The molecule has 1 saturated heterocycles. The summed E-state index contributed by atoms with van der Waals surface area (Å²) in [4.78, 5) is 26.5. The number of ether oxygens (including phenoxy) is 2. The Labute approximate surface area is 220 Å². The van der Waals surface area contributed by atoms with Crippen LogP contribution in [0.25, 0.3) is 6.08 Å². The van der Waals surface area contributed by atoms with E-state index in [1.54, 1.807) is 42.5 Å². The maximum atomic E-state index is 14.1. The SMILES string of the molecule is COc1cc(/C=C2\SC(=O)N(Cc3c(F)cccc3Cl)C2=O)ccc1OCc1ccc(Cl)c(Cl)c1. The molecule has 0 bridgehead atoms. The first kappa shape index (κ1) is 25.4. The monoisotopic (exact) mass is 551 g/mol. The average molecular weight is 553 g/mol. The number of hydrogen-bond acceptors (Lipinski definition) is 5. The highest BCUT2D eigenvalue weighted by molar-refractivity contribution is 8.18. The average Bonchev–Trinajstić information content (AvgIpc) is 3.09. The van der Waals surface area contributed by atoms with E-state index in [9.17, 15) is 14.0 Å². The molecular weight excluding hydrogens is 536 g/mol. The van der Waals surface area contributed by atoms with Gasteiger partial charge in [0.1, 0.15) is 12.4 Å². The zero-order valence-electron chi connectivity index (χ0n) is 18.2. The first-order chi connectivity index (χ1) is 16.8. The Morgan fingerprint density at radius 2 is 1.77 bits per heavy atom. The van der Waals surface area contributed by atoms with E-state index in [1.165, 1.54) is 25.3 Å². The normalized spacial score (nSPS) is 14.7. The third-order valence-electron chi connectivity index (χ3n) is 5.12. The zero-order chi connectivity index (χ0) is 25.1. The van der Waals surface area contributed by atoms with E-state index in [1.807, 2.05) is 0 Å². The summed E-state index contributed by atoms with van der Waals surface area (Å²) in [7, 11) is 1.50. The first-order valence-corrected chi connectivity index (χ1v) is 12.1. The Balaban J connectivity index is 1.50. The van der Waals surface area contributed by atoms with Crippen LogP contribution in [0.5, 0.6) is 11.5 Å². The molecule has 4 rings (SSSR count). The van der Waals surface area contributed by atoms with Crippen LogP contribution in [0.3, 0.4) is 0 Å². The highest BCUT2D eigenvalue weighted by atomic mass is 35.5. The van der Waals surface area contributed by atoms with Crippen molar-refractivity contribution in [2.75, 3.05) is 7.11 Å². The standard InChI is InChI=1S/C25H17Cl3FNO4S/c1-33-22-10-14(6-8-21(22)34-13-15-5-7-18(27)19(28)9-15)11-23-24(31)30(25(32)35-23)12-16-17(26)3-2-4-20(16)29/h2-11H,12-13H2,1H3/b23-11-. The Bertz CT molecular complexity index is 1330. The van der Waals surface area contributed by atoms with Gasteiger partial charge in [-0.2, -0.15) is 0 Å². The Hall–Kier alpha value is -2.71. The second kappa shape index (κ2) is 10.9. The molecule has 1 heterocycles. The minimum Gasteiger partial charge on any atom is -0.493 e. The quantitative estimate of drug-likeness (QED) is 0.282. The van der Waals surface area contributed by atoms with Gasteiger partial charge in [0, 0.05) is 10.6 Å². The number of rotatable bonds is 7. The van der Waals surface area contributed by atoms with E-state index in [2.05, 4.69) is 0 Å². The number of carbonyl (C=O) groups is 2. The molecule has 2 amide bonds. The molecule has 0 saturated carbocycles. The lowest BCUT2D eigenvalue weighted by atomic mass is 10.1. The lowest BCUT2D eigenvalue weighted by molar-refractivity contribution is -0.123. The second-order valence-corrected chi connectivity index (χ2v) is 9.63. The van der Waals surface area contributed by atoms with E-state index in [0.717, 1.165) is 22.2 Å². The van der Waals surface area contributed by atoms with Crippen LogP contribution in [0, 0.1) is 5.82 Å². The van der Waals surface area contributed by atoms with Crippen LogP contribution in [0.2, 0.25) is 15.1 Å². The summed E-state index contributed by atoms with van der Waals surface area (Å²) in [5, 5.41) is 0.531. The number of methoxy groups -OCH3 is 1. The van der Waals surface area contributed by atoms with Crippen molar-refractivity contribution >= 4 is 63.8 Å². The zero-order valence-corrected chi connectivity index (χ0v) is 21.3. The molecule has 1 aliphatic rings. The summed E-state index contributed by atoms with van der Waals surface area (Å²) < 4.78 is 25.4. The molecule has 0 atom stereocenters. The van der Waals surface area contributed by atoms with Gasteiger partial charge in [0.05, 0.1) is 28.6 Å². The third kappa shape index (κ3) is 5.76. The molecule has 3 aromatic carbocycles. The number of imide groups is 1. The number of halogens is 4. The molecule has 0 N–H and O–H groups in total. The van der Waals surface area contributed by atoms with Crippen molar-refractivity contribution in [2.24, 2.45) is 0 Å². The van der Waals surface area contributed by atoms with Crippen molar-refractivity contribution in [3.05, 3.63) is 97.1 Å². The van der Waals surface area contributed by atoms with Crippen molar-refractivity contribution in [1.82, 2.24) is 4.90 Å².